The summed E-state index contributed by atoms with van der Waals surface area (Å²) in [5, 5.41) is 6.98. The lowest BCUT2D eigenvalue weighted by atomic mass is 9.95. The van der Waals surface area contributed by atoms with E-state index in [0.717, 1.165) is 51.3 Å². The minimum Gasteiger partial charge on any atom is -0.444 e. The molecule has 0 aliphatic carbocycles. The number of guanidine groups is 1. The van der Waals surface area contributed by atoms with Crippen LogP contribution in [0.4, 0.5) is 4.79 Å². The molecule has 0 aromatic heterocycles. The molecule has 27 heavy (non-hydrogen) atoms. The summed E-state index contributed by atoms with van der Waals surface area (Å²) in [5.74, 6) is 1.41. The molecule has 0 aromatic carbocycles. The molecule has 3 aliphatic rings. The number of hydrogen-bond acceptors (Lipinski definition) is 4. The molecule has 3 unspecified atom stereocenters. The van der Waals surface area contributed by atoms with Crippen molar-refractivity contribution in [2.75, 3.05) is 26.7 Å². The lowest BCUT2D eigenvalue weighted by Gasteiger charge is -2.33. The fourth-order valence-corrected chi connectivity index (χ4v) is 4.05. The summed E-state index contributed by atoms with van der Waals surface area (Å²) in [4.78, 5) is 18.3. The van der Waals surface area contributed by atoms with Gasteiger partial charge in [0.2, 0.25) is 0 Å². The second-order valence-corrected chi connectivity index (χ2v) is 8.72. The first kappa shape index (κ1) is 22.5. The number of likely N-dealkylation sites (tertiary alicyclic amines) is 1. The fourth-order valence-electron chi connectivity index (χ4n) is 4.05. The third kappa shape index (κ3) is 6.37. The summed E-state index contributed by atoms with van der Waals surface area (Å²) >= 11 is 0. The van der Waals surface area contributed by atoms with E-state index in [9.17, 15) is 4.79 Å². The number of fused-ring (bicyclic) bond motifs is 2. The Kier molecular flexibility index (Phi) is 8.03. The molecule has 156 valence electrons. The number of ether oxygens (including phenoxy) is 2. The zero-order chi connectivity index (χ0) is 18.7. The molecule has 2 N–H and O–H groups in total. The van der Waals surface area contributed by atoms with Gasteiger partial charge in [0, 0.05) is 26.7 Å². The van der Waals surface area contributed by atoms with E-state index in [1.54, 1.807) is 0 Å². The van der Waals surface area contributed by atoms with E-state index in [-0.39, 0.29) is 30.1 Å². The van der Waals surface area contributed by atoms with Gasteiger partial charge in [0.25, 0.3) is 0 Å². The average molecular weight is 494 g/mol. The van der Waals surface area contributed by atoms with E-state index in [1.807, 2.05) is 32.7 Å². The number of hydrogen-bond donors (Lipinski definition) is 2. The Morgan fingerprint density at radius 3 is 2.44 bits per heavy atom. The molecule has 3 heterocycles. The van der Waals surface area contributed by atoms with Gasteiger partial charge in [-0.05, 0) is 58.8 Å². The molecule has 3 atom stereocenters. The molecule has 7 nitrogen and oxygen atoms in total. The lowest BCUT2D eigenvalue weighted by molar-refractivity contribution is 0.0185. The lowest BCUT2D eigenvalue weighted by Crippen LogP contribution is -2.49. The molecule has 3 aliphatic heterocycles. The largest absolute Gasteiger partial charge is 0.444 e. The molecule has 3 saturated heterocycles. The van der Waals surface area contributed by atoms with Crippen molar-refractivity contribution in [2.24, 2.45) is 10.9 Å². The number of rotatable bonds is 3. The van der Waals surface area contributed by atoms with Crippen LogP contribution >= 0.6 is 24.0 Å². The monoisotopic (exact) mass is 494 g/mol. The number of piperidine rings is 1. The van der Waals surface area contributed by atoms with Gasteiger partial charge >= 0.3 is 6.09 Å². The fraction of sp³-hybridized carbons (Fsp3) is 0.895. The Morgan fingerprint density at radius 1 is 1.22 bits per heavy atom. The second kappa shape index (κ2) is 9.62. The standard InChI is InChI=1S/C19H34N4O3.HI/c1-19(2,3)26-18(24)23-9-7-13(8-10-23)12-21-17(20-4)22-15-11-14-5-6-16(15)25-14;/h13-16H,5-12H2,1-4H3,(H2,20,21,22);1H. The Balaban J connectivity index is 0.00000261. The first-order valence-electron chi connectivity index (χ1n) is 9.94. The van der Waals surface area contributed by atoms with Gasteiger partial charge in [0.1, 0.15) is 5.60 Å². The number of aliphatic imine (C=N–C) groups is 1. The highest BCUT2D eigenvalue weighted by Crippen LogP contribution is 2.34. The highest BCUT2D eigenvalue weighted by molar-refractivity contribution is 14.0. The maximum atomic E-state index is 12.1. The van der Waals surface area contributed by atoms with Crippen molar-refractivity contribution in [3.8, 4) is 0 Å². The van der Waals surface area contributed by atoms with Gasteiger partial charge in [-0.15, -0.1) is 24.0 Å². The highest BCUT2D eigenvalue weighted by atomic mass is 127. The third-order valence-electron chi connectivity index (χ3n) is 5.48. The SMILES string of the molecule is CN=C(NCC1CCN(C(=O)OC(C)(C)C)CC1)NC1CC2CCC1O2.I. The van der Waals surface area contributed by atoms with Crippen LogP contribution in [0, 0.1) is 5.92 Å². The van der Waals surface area contributed by atoms with Gasteiger partial charge < -0.3 is 25.0 Å². The Bertz CT molecular complexity index is 530. The Labute approximate surface area is 180 Å². The van der Waals surface area contributed by atoms with Gasteiger partial charge in [0.05, 0.1) is 18.2 Å². The summed E-state index contributed by atoms with van der Waals surface area (Å²) in [5.41, 5.74) is -0.433. The van der Waals surface area contributed by atoms with E-state index in [2.05, 4.69) is 15.6 Å². The topological polar surface area (TPSA) is 75.2 Å². The molecule has 0 radical (unpaired) electrons. The van der Waals surface area contributed by atoms with Crippen LogP contribution in [-0.4, -0.2) is 67.5 Å². The maximum Gasteiger partial charge on any atom is 0.410 e. The van der Waals surface area contributed by atoms with Crippen LogP contribution < -0.4 is 10.6 Å². The van der Waals surface area contributed by atoms with E-state index >= 15 is 0 Å². The molecule has 0 saturated carbocycles. The smallest absolute Gasteiger partial charge is 0.410 e. The van der Waals surface area contributed by atoms with Gasteiger partial charge in [-0.2, -0.15) is 0 Å². The number of amides is 1. The number of nitrogens with zero attached hydrogens (tertiary/aromatic N) is 2. The summed E-state index contributed by atoms with van der Waals surface area (Å²) in [6.07, 6.45) is 6.00. The summed E-state index contributed by atoms with van der Waals surface area (Å²) in [6.45, 7) is 8.11. The predicted octanol–water partition coefficient (Wildman–Crippen LogP) is 2.74. The normalized spacial score (nSPS) is 28.7. The molecule has 1 amide bonds. The first-order valence-corrected chi connectivity index (χ1v) is 9.94. The van der Waals surface area contributed by atoms with Crippen LogP contribution in [-0.2, 0) is 9.47 Å². The zero-order valence-electron chi connectivity index (χ0n) is 17.0. The van der Waals surface area contributed by atoms with Gasteiger partial charge in [-0.1, -0.05) is 0 Å². The molecule has 0 spiro atoms. The number of carbonyl (C=O) groups excluding carboxylic acids is 1. The van der Waals surface area contributed by atoms with Crippen LogP contribution in [0.2, 0.25) is 0 Å². The second-order valence-electron chi connectivity index (χ2n) is 8.72. The summed E-state index contributed by atoms with van der Waals surface area (Å²) in [6, 6.07) is 0.383. The quantitative estimate of drug-likeness (QED) is 0.359. The van der Waals surface area contributed by atoms with Crippen molar-refractivity contribution in [1.29, 1.82) is 0 Å². The molecule has 0 aromatic rings. The Hall–Kier alpha value is -0.770. The van der Waals surface area contributed by atoms with Crippen molar-refractivity contribution in [3.05, 3.63) is 0 Å². The number of carbonyl (C=O) groups is 1. The molecule has 2 bridgehead atoms. The molecular formula is C19H35IN4O3. The van der Waals surface area contributed by atoms with E-state index in [4.69, 9.17) is 9.47 Å². The van der Waals surface area contributed by atoms with Gasteiger partial charge in [0.15, 0.2) is 5.96 Å². The molecule has 3 rings (SSSR count). The zero-order valence-corrected chi connectivity index (χ0v) is 19.3. The number of halogens is 1. The van der Waals surface area contributed by atoms with E-state index in [1.165, 1.54) is 6.42 Å². The molecular weight excluding hydrogens is 459 g/mol. The van der Waals surface area contributed by atoms with Crippen LogP contribution in [0.5, 0.6) is 0 Å². The minimum atomic E-state index is -0.433. The average Bonchev–Trinajstić information content (AvgIpc) is 3.20. The molecule has 8 heteroatoms. The van der Waals surface area contributed by atoms with Crippen LogP contribution in [0.1, 0.15) is 52.9 Å². The van der Waals surface area contributed by atoms with Crippen LogP contribution in [0.15, 0.2) is 4.99 Å². The first-order chi connectivity index (χ1) is 12.3. The third-order valence-corrected chi connectivity index (χ3v) is 5.48. The maximum absolute atomic E-state index is 12.1. The van der Waals surface area contributed by atoms with Crippen molar-refractivity contribution in [3.63, 3.8) is 0 Å². The van der Waals surface area contributed by atoms with Gasteiger partial charge in [-0.25, -0.2) is 4.79 Å². The summed E-state index contributed by atoms with van der Waals surface area (Å²) < 4.78 is 11.4. The van der Waals surface area contributed by atoms with E-state index < -0.39 is 5.60 Å². The van der Waals surface area contributed by atoms with Crippen LogP contribution in [0.3, 0.4) is 0 Å². The summed E-state index contributed by atoms with van der Waals surface area (Å²) in [7, 11) is 1.81. The Morgan fingerprint density at radius 2 is 1.93 bits per heavy atom. The van der Waals surface area contributed by atoms with Crippen LogP contribution in [0.25, 0.3) is 0 Å². The van der Waals surface area contributed by atoms with Crippen molar-refractivity contribution < 1.29 is 14.3 Å². The van der Waals surface area contributed by atoms with Crippen molar-refractivity contribution in [1.82, 2.24) is 15.5 Å². The van der Waals surface area contributed by atoms with Gasteiger partial charge in [-0.3, -0.25) is 4.99 Å². The molecule has 3 fully saturated rings. The highest BCUT2D eigenvalue weighted by Gasteiger charge is 2.41. The van der Waals surface area contributed by atoms with E-state index in [0.29, 0.717) is 24.2 Å². The van der Waals surface area contributed by atoms with Crippen molar-refractivity contribution >= 4 is 36.0 Å². The predicted molar refractivity (Wildman–Crippen MR) is 117 cm³/mol. The van der Waals surface area contributed by atoms with Crippen molar-refractivity contribution in [2.45, 2.75) is 76.7 Å². The minimum absolute atomic E-state index is 0. The number of nitrogens with one attached hydrogen (secondary N) is 2.